The van der Waals surface area contributed by atoms with Crippen LogP contribution in [0.4, 0.5) is 0 Å². The molecule has 1 aliphatic heterocycles. The molecule has 1 heterocycles. The normalized spacial score (nSPS) is 21.6. The molecule has 0 aliphatic carbocycles. The zero-order valence-corrected chi connectivity index (χ0v) is 13.6. The highest BCUT2D eigenvalue weighted by atomic mass is 16.5. The largest absolute Gasteiger partial charge is 0.480 e. The summed E-state index contributed by atoms with van der Waals surface area (Å²) in [5.41, 5.74) is -0.849. The number of nitrogens with zero attached hydrogens (tertiary/aromatic N) is 2. The van der Waals surface area contributed by atoms with Gasteiger partial charge >= 0.3 is 5.97 Å². The third kappa shape index (κ3) is 4.72. The van der Waals surface area contributed by atoms with Crippen molar-refractivity contribution in [2.24, 2.45) is 5.92 Å². The smallest absolute Gasteiger partial charge is 0.323 e. The number of morpholine rings is 1. The lowest BCUT2D eigenvalue weighted by Gasteiger charge is -2.40. The summed E-state index contributed by atoms with van der Waals surface area (Å²) in [4.78, 5) is 15.8. The van der Waals surface area contributed by atoms with E-state index in [1.54, 1.807) is 13.8 Å². The van der Waals surface area contributed by atoms with Gasteiger partial charge in [-0.05, 0) is 26.3 Å². The fraction of sp³-hybridized carbons (Fsp3) is 0.933. The summed E-state index contributed by atoms with van der Waals surface area (Å²) in [7, 11) is 0. The summed E-state index contributed by atoms with van der Waals surface area (Å²) >= 11 is 0. The molecule has 0 bridgehead atoms. The minimum Gasteiger partial charge on any atom is -0.480 e. The van der Waals surface area contributed by atoms with Crippen LogP contribution in [0.5, 0.6) is 0 Å². The van der Waals surface area contributed by atoms with Gasteiger partial charge in [0.1, 0.15) is 5.54 Å². The topological polar surface area (TPSA) is 53.0 Å². The standard InChI is InChI=1S/C15H30N2O3/c1-6-17(15(4,5)14(18)19)11-13-10-16(7-8-20-13)9-12(2)3/h12-13H,6-11H2,1-5H3,(H,18,19). The summed E-state index contributed by atoms with van der Waals surface area (Å²) in [6.07, 6.45) is 0.0982. The van der Waals surface area contributed by atoms with Gasteiger partial charge in [-0.25, -0.2) is 0 Å². The lowest BCUT2D eigenvalue weighted by molar-refractivity contribution is -0.151. The van der Waals surface area contributed by atoms with Crippen molar-refractivity contribution in [3.05, 3.63) is 0 Å². The van der Waals surface area contributed by atoms with Crippen LogP contribution >= 0.6 is 0 Å². The Kier molecular flexibility index (Phi) is 6.43. The van der Waals surface area contributed by atoms with Crippen LogP contribution < -0.4 is 0 Å². The van der Waals surface area contributed by atoms with Gasteiger partial charge in [-0.3, -0.25) is 14.6 Å². The average Bonchev–Trinajstić information content (AvgIpc) is 2.35. The highest BCUT2D eigenvalue weighted by molar-refractivity contribution is 5.77. The third-order valence-corrected chi connectivity index (χ3v) is 3.97. The summed E-state index contributed by atoms with van der Waals surface area (Å²) in [5, 5.41) is 9.35. The zero-order valence-electron chi connectivity index (χ0n) is 13.6. The van der Waals surface area contributed by atoms with Crippen molar-refractivity contribution in [1.82, 2.24) is 9.80 Å². The first-order chi connectivity index (χ1) is 9.27. The van der Waals surface area contributed by atoms with Crippen molar-refractivity contribution < 1.29 is 14.6 Å². The highest BCUT2D eigenvalue weighted by Crippen LogP contribution is 2.17. The second kappa shape index (κ2) is 7.38. The Morgan fingerprint density at radius 2 is 2.15 bits per heavy atom. The average molecular weight is 286 g/mol. The maximum absolute atomic E-state index is 11.4. The SMILES string of the molecule is CCN(CC1CN(CC(C)C)CCO1)C(C)(C)C(=O)O. The van der Waals surface area contributed by atoms with Gasteiger partial charge in [0, 0.05) is 26.2 Å². The Hall–Kier alpha value is -0.650. The molecule has 5 nitrogen and oxygen atoms in total. The van der Waals surface area contributed by atoms with Gasteiger partial charge in [-0.2, -0.15) is 0 Å². The van der Waals surface area contributed by atoms with Crippen molar-refractivity contribution in [3.63, 3.8) is 0 Å². The Bertz CT molecular complexity index is 318. The number of carbonyl (C=O) groups is 1. The van der Waals surface area contributed by atoms with E-state index < -0.39 is 11.5 Å². The summed E-state index contributed by atoms with van der Waals surface area (Å²) in [5.74, 6) is -0.138. The number of aliphatic carboxylic acids is 1. The van der Waals surface area contributed by atoms with Crippen molar-refractivity contribution in [2.45, 2.75) is 46.3 Å². The van der Waals surface area contributed by atoms with Crippen LogP contribution in [0.25, 0.3) is 0 Å². The van der Waals surface area contributed by atoms with Crippen LogP contribution in [0.3, 0.4) is 0 Å². The van der Waals surface area contributed by atoms with E-state index in [0.717, 1.165) is 26.2 Å². The molecular formula is C15H30N2O3. The molecule has 1 saturated heterocycles. The molecule has 1 aliphatic rings. The molecule has 0 amide bonds. The predicted octanol–water partition coefficient (Wildman–Crippen LogP) is 1.53. The highest BCUT2D eigenvalue weighted by Gasteiger charge is 2.35. The molecule has 5 heteroatoms. The van der Waals surface area contributed by atoms with Crippen molar-refractivity contribution in [3.8, 4) is 0 Å². The van der Waals surface area contributed by atoms with E-state index in [1.165, 1.54) is 0 Å². The lowest BCUT2D eigenvalue weighted by atomic mass is 10.0. The van der Waals surface area contributed by atoms with Gasteiger partial charge in [0.25, 0.3) is 0 Å². The molecule has 1 fully saturated rings. The molecule has 0 aromatic carbocycles. The van der Waals surface area contributed by atoms with Gasteiger partial charge in [-0.15, -0.1) is 0 Å². The molecule has 1 unspecified atom stereocenters. The summed E-state index contributed by atoms with van der Waals surface area (Å²) in [6.45, 7) is 15.0. The van der Waals surface area contributed by atoms with Crippen LogP contribution in [0.2, 0.25) is 0 Å². The Morgan fingerprint density at radius 3 is 2.65 bits per heavy atom. The lowest BCUT2D eigenvalue weighted by Crippen LogP contribution is -2.56. The predicted molar refractivity (Wildman–Crippen MR) is 80.0 cm³/mol. The van der Waals surface area contributed by atoms with Crippen molar-refractivity contribution >= 4 is 5.97 Å². The fourth-order valence-corrected chi connectivity index (χ4v) is 2.71. The number of carboxylic acids is 1. The number of ether oxygens (including phenoxy) is 1. The molecule has 1 N–H and O–H groups in total. The Balaban J connectivity index is 2.59. The Labute approximate surface area is 122 Å². The molecular weight excluding hydrogens is 256 g/mol. The van der Waals surface area contributed by atoms with E-state index in [0.29, 0.717) is 19.0 Å². The van der Waals surface area contributed by atoms with Gasteiger partial charge < -0.3 is 9.84 Å². The molecule has 0 radical (unpaired) electrons. The molecule has 1 atom stereocenters. The maximum Gasteiger partial charge on any atom is 0.323 e. The molecule has 0 saturated carbocycles. The second-order valence-electron chi connectivity index (χ2n) is 6.55. The van der Waals surface area contributed by atoms with Crippen LogP contribution in [0, 0.1) is 5.92 Å². The molecule has 20 heavy (non-hydrogen) atoms. The van der Waals surface area contributed by atoms with Crippen LogP contribution in [0.15, 0.2) is 0 Å². The third-order valence-electron chi connectivity index (χ3n) is 3.97. The number of carboxylic acid groups (broad SMARTS) is 1. The number of likely N-dealkylation sites (N-methyl/N-ethyl adjacent to an activating group) is 1. The van der Waals surface area contributed by atoms with E-state index in [2.05, 4.69) is 18.7 Å². The zero-order chi connectivity index (χ0) is 15.3. The number of hydrogen-bond acceptors (Lipinski definition) is 4. The van der Waals surface area contributed by atoms with Gasteiger partial charge in [0.15, 0.2) is 0 Å². The van der Waals surface area contributed by atoms with E-state index in [1.807, 2.05) is 11.8 Å². The molecule has 0 aromatic rings. The first-order valence-corrected chi connectivity index (χ1v) is 7.59. The number of hydrogen-bond donors (Lipinski definition) is 1. The van der Waals surface area contributed by atoms with Crippen LogP contribution in [0.1, 0.15) is 34.6 Å². The van der Waals surface area contributed by atoms with Crippen LogP contribution in [-0.2, 0) is 9.53 Å². The molecule has 0 aromatic heterocycles. The van der Waals surface area contributed by atoms with E-state index >= 15 is 0 Å². The van der Waals surface area contributed by atoms with Crippen LogP contribution in [-0.4, -0.2) is 71.8 Å². The van der Waals surface area contributed by atoms with Crippen molar-refractivity contribution in [1.29, 1.82) is 0 Å². The molecule has 1 rings (SSSR count). The monoisotopic (exact) mass is 286 g/mol. The summed E-state index contributed by atoms with van der Waals surface area (Å²) < 4.78 is 5.82. The fourth-order valence-electron chi connectivity index (χ4n) is 2.71. The van der Waals surface area contributed by atoms with E-state index in [9.17, 15) is 9.90 Å². The molecule has 0 spiro atoms. The minimum atomic E-state index is -0.849. The van der Waals surface area contributed by atoms with Crippen molar-refractivity contribution in [2.75, 3.05) is 39.3 Å². The Morgan fingerprint density at radius 1 is 1.50 bits per heavy atom. The molecule has 118 valence electrons. The van der Waals surface area contributed by atoms with Gasteiger partial charge in [0.2, 0.25) is 0 Å². The van der Waals surface area contributed by atoms with E-state index in [-0.39, 0.29) is 6.10 Å². The first kappa shape index (κ1) is 17.4. The van der Waals surface area contributed by atoms with Gasteiger partial charge in [-0.1, -0.05) is 20.8 Å². The minimum absolute atomic E-state index is 0.0982. The quantitative estimate of drug-likeness (QED) is 0.769. The maximum atomic E-state index is 11.4. The first-order valence-electron chi connectivity index (χ1n) is 7.59. The second-order valence-corrected chi connectivity index (χ2v) is 6.55. The van der Waals surface area contributed by atoms with E-state index in [4.69, 9.17) is 4.74 Å². The summed E-state index contributed by atoms with van der Waals surface area (Å²) in [6, 6.07) is 0. The van der Waals surface area contributed by atoms with Gasteiger partial charge in [0.05, 0.1) is 12.7 Å². The number of rotatable bonds is 7.